The third kappa shape index (κ3) is 7.03. The second-order valence-corrected chi connectivity index (χ2v) is 10.5. The summed E-state index contributed by atoms with van der Waals surface area (Å²) in [7, 11) is 2.02. The number of halogens is 3. The maximum Gasteiger partial charge on any atom is 0.416 e. The lowest BCUT2D eigenvalue weighted by Crippen LogP contribution is -2.31. The normalized spacial score (nSPS) is 14.5. The van der Waals surface area contributed by atoms with Gasteiger partial charge in [-0.3, -0.25) is 9.59 Å². The molecule has 2 amide bonds. The first-order valence-electron chi connectivity index (χ1n) is 13.6. The van der Waals surface area contributed by atoms with Gasteiger partial charge < -0.3 is 20.3 Å². The Morgan fingerprint density at radius 2 is 1.79 bits per heavy atom. The molecule has 1 aliphatic heterocycles. The van der Waals surface area contributed by atoms with Crippen molar-refractivity contribution in [2.75, 3.05) is 30.8 Å². The first kappa shape index (κ1) is 29.0. The van der Waals surface area contributed by atoms with Gasteiger partial charge >= 0.3 is 6.18 Å². The molecular formula is C31H30F3N5O3. The summed E-state index contributed by atoms with van der Waals surface area (Å²) in [6, 6.07) is 15.7. The molecule has 1 saturated heterocycles. The molecule has 1 aromatic heterocycles. The third-order valence-corrected chi connectivity index (χ3v) is 7.28. The zero-order chi connectivity index (χ0) is 29.9. The predicted octanol–water partition coefficient (Wildman–Crippen LogP) is 6.54. The fraction of sp³-hybridized carbons (Fsp3) is 0.290. The van der Waals surface area contributed by atoms with Crippen LogP contribution in [0.5, 0.6) is 11.6 Å². The molecular weight excluding hydrogens is 547 g/mol. The zero-order valence-corrected chi connectivity index (χ0v) is 23.2. The van der Waals surface area contributed by atoms with Crippen LogP contribution in [0.4, 0.5) is 24.7 Å². The van der Waals surface area contributed by atoms with E-state index in [9.17, 15) is 22.8 Å². The van der Waals surface area contributed by atoms with Crippen molar-refractivity contribution in [2.45, 2.75) is 32.4 Å². The summed E-state index contributed by atoms with van der Waals surface area (Å²) in [5, 5.41) is 6.48. The van der Waals surface area contributed by atoms with Gasteiger partial charge in [-0.15, -0.1) is 0 Å². The number of rotatable bonds is 7. The number of hydrogen-bond acceptors (Lipinski definition) is 6. The Morgan fingerprint density at radius 3 is 2.52 bits per heavy atom. The number of hydrogen-bond donors (Lipinski definition) is 2. The van der Waals surface area contributed by atoms with Gasteiger partial charge in [0.1, 0.15) is 17.9 Å². The standard InChI is InChI=1S/C31H30F3N5O3/c1-19(40)37-28-17-29(36-18-35-28)42-24-8-9-25-21(15-24)4-3-5-26(25)30(41)38-23-7-6-22(27(16-23)31(32,33)34)14-20-10-12-39(2)13-11-20/h3-9,15-18,20H,10-14H2,1-2H3,(H,38,41)(H,35,36,37,40). The number of likely N-dealkylation sites (tertiary alicyclic amines) is 1. The van der Waals surface area contributed by atoms with Crippen LogP contribution in [-0.4, -0.2) is 46.8 Å². The highest BCUT2D eigenvalue weighted by atomic mass is 19.4. The fourth-order valence-electron chi connectivity index (χ4n) is 5.16. The number of amides is 2. The van der Waals surface area contributed by atoms with Gasteiger partial charge in [0.2, 0.25) is 11.8 Å². The number of anilines is 2. The summed E-state index contributed by atoms with van der Waals surface area (Å²) < 4.78 is 47.9. The summed E-state index contributed by atoms with van der Waals surface area (Å²) in [5.74, 6) is 0.316. The number of aromatic nitrogens is 2. The van der Waals surface area contributed by atoms with E-state index in [4.69, 9.17) is 4.74 Å². The first-order chi connectivity index (χ1) is 20.0. The molecule has 5 rings (SSSR count). The van der Waals surface area contributed by atoms with Crippen molar-refractivity contribution in [1.82, 2.24) is 14.9 Å². The SMILES string of the molecule is CC(=O)Nc1cc(Oc2ccc3c(C(=O)Nc4ccc(CC5CCN(C)CC5)c(C(F)(F)F)c4)cccc3c2)ncn1. The molecule has 0 bridgehead atoms. The van der Waals surface area contributed by atoms with Gasteiger partial charge in [-0.05, 0) is 98.1 Å². The molecule has 0 saturated carbocycles. The van der Waals surface area contributed by atoms with Crippen LogP contribution >= 0.6 is 0 Å². The average Bonchev–Trinajstić information content (AvgIpc) is 2.94. The van der Waals surface area contributed by atoms with Crippen molar-refractivity contribution in [3.63, 3.8) is 0 Å². The van der Waals surface area contributed by atoms with E-state index in [0.717, 1.165) is 32.0 Å². The minimum absolute atomic E-state index is 0.0788. The molecule has 1 aliphatic rings. The Labute approximate surface area is 240 Å². The van der Waals surface area contributed by atoms with E-state index in [0.29, 0.717) is 28.5 Å². The van der Waals surface area contributed by atoms with Crippen LogP contribution in [0.15, 0.2) is 67.0 Å². The number of nitrogens with one attached hydrogen (secondary N) is 2. The highest BCUT2D eigenvalue weighted by molar-refractivity contribution is 6.13. The molecule has 0 aliphatic carbocycles. The largest absolute Gasteiger partial charge is 0.439 e. The highest BCUT2D eigenvalue weighted by Crippen LogP contribution is 2.36. The molecule has 0 radical (unpaired) electrons. The van der Waals surface area contributed by atoms with Crippen LogP contribution < -0.4 is 15.4 Å². The van der Waals surface area contributed by atoms with Crippen LogP contribution in [0.1, 0.15) is 41.3 Å². The van der Waals surface area contributed by atoms with Gasteiger partial charge in [0.05, 0.1) is 5.56 Å². The lowest BCUT2D eigenvalue weighted by molar-refractivity contribution is -0.138. The number of alkyl halides is 3. The van der Waals surface area contributed by atoms with Crippen LogP contribution in [0.3, 0.4) is 0 Å². The summed E-state index contributed by atoms with van der Waals surface area (Å²) in [6.45, 7) is 3.11. The monoisotopic (exact) mass is 577 g/mol. The van der Waals surface area contributed by atoms with Gasteiger partial charge in [-0.1, -0.05) is 18.2 Å². The van der Waals surface area contributed by atoms with E-state index in [1.807, 2.05) is 7.05 Å². The minimum atomic E-state index is -4.54. The van der Waals surface area contributed by atoms with Crippen molar-refractivity contribution in [3.05, 3.63) is 83.7 Å². The molecule has 0 spiro atoms. The molecule has 0 atom stereocenters. The molecule has 0 unspecified atom stereocenters. The topological polar surface area (TPSA) is 96.4 Å². The maximum atomic E-state index is 14.0. The van der Waals surface area contributed by atoms with Gasteiger partial charge in [0.15, 0.2) is 0 Å². The summed E-state index contributed by atoms with van der Waals surface area (Å²) >= 11 is 0. The predicted molar refractivity (Wildman–Crippen MR) is 154 cm³/mol. The van der Waals surface area contributed by atoms with Crippen molar-refractivity contribution >= 4 is 34.1 Å². The number of carbonyl (C=O) groups excluding carboxylic acids is 2. The van der Waals surface area contributed by atoms with Crippen molar-refractivity contribution in [1.29, 1.82) is 0 Å². The van der Waals surface area contributed by atoms with Gasteiger partial charge in [-0.2, -0.15) is 13.2 Å². The van der Waals surface area contributed by atoms with Gasteiger partial charge in [0.25, 0.3) is 5.91 Å². The number of fused-ring (bicyclic) bond motifs is 1. The van der Waals surface area contributed by atoms with Crippen LogP contribution in [0.25, 0.3) is 10.8 Å². The van der Waals surface area contributed by atoms with Crippen molar-refractivity contribution in [3.8, 4) is 11.6 Å². The molecule has 2 heterocycles. The third-order valence-electron chi connectivity index (χ3n) is 7.28. The number of nitrogens with zero attached hydrogens (tertiary/aromatic N) is 3. The van der Waals surface area contributed by atoms with Crippen molar-refractivity contribution in [2.24, 2.45) is 5.92 Å². The Kier molecular flexibility index (Phi) is 8.39. The fourth-order valence-corrected chi connectivity index (χ4v) is 5.16. The number of piperidine rings is 1. The Bertz CT molecular complexity index is 1620. The maximum absolute atomic E-state index is 14.0. The van der Waals surface area contributed by atoms with E-state index in [1.54, 1.807) is 36.4 Å². The van der Waals surface area contributed by atoms with Crippen LogP contribution in [0.2, 0.25) is 0 Å². The Hall–Kier alpha value is -4.51. The van der Waals surface area contributed by atoms with E-state index in [-0.39, 0.29) is 34.8 Å². The smallest absolute Gasteiger partial charge is 0.416 e. The first-order valence-corrected chi connectivity index (χ1v) is 13.6. The van der Waals surface area contributed by atoms with Crippen molar-refractivity contribution < 1.29 is 27.5 Å². The second kappa shape index (κ2) is 12.2. The summed E-state index contributed by atoms with van der Waals surface area (Å²) in [4.78, 5) is 34.7. The Balaban J connectivity index is 1.34. The van der Waals surface area contributed by atoms with E-state index in [1.165, 1.54) is 31.5 Å². The molecule has 3 aromatic carbocycles. The average molecular weight is 578 g/mol. The molecule has 1 fully saturated rings. The van der Waals surface area contributed by atoms with Crippen LogP contribution in [0, 0.1) is 5.92 Å². The van der Waals surface area contributed by atoms with E-state index < -0.39 is 17.6 Å². The molecule has 8 nitrogen and oxygen atoms in total. The molecule has 4 aromatic rings. The molecule has 42 heavy (non-hydrogen) atoms. The van der Waals surface area contributed by atoms with Gasteiger partial charge in [0, 0.05) is 24.2 Å². The lowest BCUT2D eigenvalue weighted by atomic mass is 9.88. The van der Waals surface area contributed by atoms with E-state index in [2.05, 4.69) is 25.5 Å². The quantitative estimate of drug-likeness (QED) is 0.259. The highest BCUT2D eigenvalue weighted by Gasteiger charge is 2.34. The van der Waals surface area contributed by atoms with E-state index >= 15 is 0 Å². The lowest BCUT2D eigenvalue weighted by Gasteiger charge is -2.29. The number of benzene rings is 3. The number of ether oxygens (including phenoxy) is 1. The zero-order valence-electron chi connectivity index (χ0n) is 23.2. The minimum Gasteiger partial charge on any atom is -0.439 e. The van der Waals surface area contributed by atoms with Crippen LogP contribution in [-0.2, 0) is 17.4 Å². The molecule has 2 N–H and O–H groups in total. The Morgan fingerprint density at radius 1 is 1.00 bits per heavy atom. The van der Waals surface area contributed by atoms with Gasteiger partial charge in [-0.25, -0.2) is 9.97 Å². The summed E-state index contributed by atoms with van der Waals surface area (Å²) in [5.41, 5.74) is -0.0842. The number of carbonyl (C=O) groups is 2. The second-order valence-electron chi connectivity index (χ2n) is 10.5. The molecule has 11 heteroatoms. The molecule has 218 valence electrons. The summed E-state index contributed by atoms with van der Waals surface area (Å²) in [6.07, 6.45) is -1.21.